The van der Waals surface area contributed by atoms with Gasteiger partial charge in [-0.3, -0.25) is 4.79 Å². The Labute approximate surface area is 140 Å². The maximum Gasteiger partial charge on any atom is 0.272 e. The van der Waals surface area contributed by atoms with Crippen molar-refractivity contribution in [1.29, 1.82) is 0 Å². The third kappa shape index (κ3) is 3.32. The lowest BCUT2D eigenvalue weighted by molar-refractivity contribution is 0.0946. The predicted molar refractivity (Wildman–Crippen MR) is 91.9 cm³/mol. The number of rotatable bonds is 5. The van der Waals surface area contributed by atoms with E-state index in [2.05, 4.69) is 15.3 Å². The molecule has 0 bridgehead atoms. The van der Waals surface area contributed by atoms with Crippen LogP contribution in [0.1, 0.15) is 21.7 Å². The van der Waals surface area contributed by atoms with Crippen LogP contribution < -0.4 is 10.1 Å². The number of amides is 1. The summed E-state index contributed by atoms with van der Waals surface area (Å²) in [5, 5.41) is 2.90. The summed E-state index contributed by atoms with van der Waals surface area (Å²) in [5.74, 6) is 1.20. The first-order valence-electron chi connectivity index (χ1n) is 7.67. The van der Waals surface area contributed by atoms with Crippen LogP contribution in [0.4, 0.5) is 0 Å². The van der Waals surface area contributed by atoms with Crippen molar-refractivity contribution in [2.75, 3.05) is 7.11 Å². The molecular formula is C18H20N4O2. The van der Waals surface area contributed by atoms with E-state index >= 15 is 0 Å². The van der Waals surface area contributed by atoms with Crippen molar-refractivity contribution in [3.63, 3.8) is 0 Å². The monoisotopic (exact) mass is 324 g/mol. The molecule has 0 radical (unpaired) electrons. The average molecular weight is 324 g/mol. The fourth-order valence-corrected chi connectivity index (χ4v) is 2.52. The molecule has 2 aromatic heterocycles. The summed E-state index contributed by atoms with van der Waals surface area (Å²) in [7, 11) is 3.57. The number of imidazole rings is 1. The number of nitrogens with zero attached hydrogens (tertiary/aromatic N) is 2. The molecule has 1 aromatic carbocycles. The highest BCUT2D eigenvalue weighted by Gasteiger charge is 2.16. The van der Waals surface area contributed by atoms with Crippen molar-refractivity contribution in [1.82, 2.24) is 19.9 Å². The molecule has 2 N–H and O–H groups in total. The Kier molecular flexibility index (Phi) is 4.37. The third-order valence-corrected chi connectivity index (χ3v) is 3.79. The molecule has 0 aliphatic carbocycles. The van der Waals surface area contributed by atoms with E-state index in [-0.39, 0.29) is 5.91 Å². The van der Waals surface area contributed by atoms with Gasteiger partial charge in [0.25, 0.3) is 5.91 Å². The standard InChI is InChI=1S/C18H20N4O2/c1-12-16(18(23)19-10-13-7-8-22(2)11-13)21-17(20-12)14-5-4-6-15(9-14)24-3/h4-9,11H,10H2,1-3H3,(H,19,23)(H,20,21). The summed E-state index contributed by atoms with van der Waals surface area (Å²) >= 11 is 0. The minimum absolute atomic E-state index is 0.193. The summed E-state index contributed by atoms with van der Waals surface area (Å²) in [5.41, 5.74) is 3.06. The van der Waals surface area contributed by atoms with Gasteiger partial charge in [-0.15, -0.1) is 0 Å². The zero-order chi connectivity index (χ0) is 17.1. The second-order valence-electron chi connectivity index (χ2n) is 5.66. The molecule has 6 nitrogen and oxygen atoms in total. The number of aromatic nitrogens is 3. The molecule has 24 heavy (non-hydrogen) atoms. The number of aryl methyl sites for hydroxylation is 2. The number of ether oxygens (including phenoxy) is 1. The van der Waals surface area contributed by atoms with Gasteiger partial charge in [-0.2, -0.15) is 0 Å². The summed E-state index contributed by atoms with van der Waals surface area (Å²) in [6.45, 7) is 2.31. The molecule has 2 heterocycles. The van der Waals surface area contributed by atoms with Crippen LogP contribution in [-0.4, -0.2) is 27.6 Å². The summed E-state index contributed by atoms with van der Waals surface area (Å²) in [6.07, 6.45) is 3.92. The Morgan fingerprint density at radius 1 is 1.38 bits per heavy atom. The molecule has 0 spiro atoms. The first kappa shape index (κ1) is 15.9. The van der Waals surface area contributed by atoms with E-state index in [9.17, 15) is 4.79 Å². The maximum atomic E-state index is 12.4. The maximum absolute atomic E-state index is 12.4. The number of carbonyl (C=O) groups excluding carboxylic acids is 1. The summed E-state index contributed by atoms with van der Waals surface area (Å²) in [6, 6.07) is 9.53. The Hall–Kier alpha value is -3.02. The number of carbonyl (C=O) groups is 1. The molecule has 0 atom stereocenters. The summed E-state index contributed by atoms with van der Waals surface area (Å²) < 4.78 is 7.17. The Morgan fingerprint density at radius 3 is 2.92 bits per heavy atom. The number of methoxy groups -OCH3 is 1. The van der Waals surface area contributed by atoms with Gasteiger partial charge in [-0.05, 0) is 30.7 Å². The lowest BCUT2D eigenvalue weighted by Crippen LogP contribution is -2.23. The Balaban J connectivity index is 1.76. The molecule has 1 amide bonds. The molecule has 3 rings (SSSR count). The van der Waals surface area contributed by atoms with Crippen LogP contribution in [0.3, 0.4) is 0 Å². The molecule has 0 fully saturated rings. The van der Waals surface area contributed by atoms with Gasteiger partial charge in [0.15, 0.2) is 0 Å². The number of benzene rings is 1. The molecule has 124 valence electrons. The van der Waals surface area contributed by atoms with Crippen LogP contribution in [0.5, 0.6) is 5.75 Å². The number of H-pyrrole nitrogens is 1. The zero-order valence-corrected chi connectivity index (χ0v) is 14.0. The van der Waals surface area contributed by atoms with Crippen LogP contribution in [0, 0.1) is 6.92 Å². The van der Waals surface area contributed by atoms with E-state index in [4.69, 9.17) is 4.74 Å². The van der Waals surface area contributed by atoms with E-state index in [1.54, 1.807) is 7.11 Å². The van der Waals surface area contributed by atoms with E-state index < -0.39 is 0 Å². The lowest BCUT2D eigenvalue weighted by atomic mass is 10.2. The van der Waals surface area contributed by atoms with Crippen molar-refractivity contribution >= 4 is 5.91 Å². The van der Waals surface area contributed by atoms with Gasteiger partial charge in [0.2, 0.25) is 0 Å². The van der Waals surface area contributed by atoms with E-state index in [1.165, 1.54) is 0 Å². The van der Waals surface area contributed by atoms with Gasteiger partial charge in [0.1, 0.15) is 17.3 Å². The SMILES string of the molecule is COc1cccc(-c2nc(C(=O)NCc3ccn(C)c3)c(C)[nH]2)c1. The number of hydrogen-bond donors (Lipinski definition) is 2. The number of hydrogen-bond acceptors (Lipinski definition) is 3. The second kappa shape index (κ2) is 6.62. The van der Waals surface area contributed by atoms with Crippen LogP contribution in [0.2, 0.25) is 0 Å². The van der Waals surface area contributed by atoms with Crippen molar-refractivity contribution in [3.8, 4) is 17.1 Å². The minimum atomic E-state index is -0.193. The average Bonchev–Trinajstić information content (AvgIpc) is 3.18. The van der Waals surface area contributed by atoms with Gasteiger partial charge in [0.05, 0.1) is 7.11 Å². The van der Waals surface area contributed by atoms with Crippen LogP contribution in [0.15, 0.2) is 42.7 Å². The summed E-state index contributed by atoms with van der Waals surface area (Å²) in [4.78, 5) is 20.0. The first-order valence-corrected chi connectivity index (χ1v) is 7.67. The van der Waals surface area contributed by atoms with Crippen LogP contribution in [-0.2, 0) is 13.6 Å². The fraction of sp³-hybridized carbons (Fsp3) is 0.222. The van der Waals surface area contributed by atoms with Gasteiger partial charge in [-0.1, -0.05) is 12.1 Å². The van der Waals surface area contributed by atoms with Crippen molar-refractivity contribution in [2.45, 2.75) is 13.5 Å². The van der Waals surface area contributed by atoms with Gasteiger partial charge >= 0.3 is 0 Å². The minimum Gasteiger partial charge on any atom is -0.497 e. The normalized spacial score (nSPS) is 10.6. The second-order valence-corrected chi connectivity index (χ2v) is 5.66. The Bertz CT molecular complexity index is 864. The predicted octanol–water partition coefficient (Wildman–Crippen LogP) is 2.66. The van der Waals surface area contributed by atoms with Gasteiger partial charge < -0.3 is 19.6 Å². The van der Waals surface area contributed by atoms with Gasteiger partial charge in [0, 0.05) is 37.2 Å². The molecule has 0 aliphatic rings. The highest BCUT2D eigenvalue weighted by Crippen LogP contribution is 2.22. The largest absolute Gasteiger partial charge is 0.497 e. The molecule has 0 unspecified atom stereocenters. The lowest BCUT2D eigenvalue weighted by Gasteiger charge is -2.02. The van der Waals surface area contributed by atoms with Crippen molar-refractivity contribution in [3.05, 3.63) is 59.7 Å². The molecule has 3 aromatic rings. The molecule has 6 heteroatoms. The molecule has 0 aliphatic heterocycles. The quantitative estimate of drug-likeness (QED) is 0.758. The van der Waals surface area contributed by atoms with Gasteiger partial charge in [-0.25, -0.2) is 4.98 Å². The molecule has 0 saturated carbocycles. The molecular weight excluding hydrogens is 304 g/mol. The highest BCUT2D eigenvalue weighted by atomic mass is 16.5. The zero-order valence-electron chi connectivity index (χ0n) is 14.0. The van der Waals surface area contributed by atoms with Crippen molar-refractivity contribution < 1.29 is 9.53 Å². The van der Waals surface area contributed by atoms with E-state index in [1.807, 2.05) is 61.3 Å². The smallest absolute Gasteiger partial charge is 0.272 e. The fourth-order valence-electron chi connectivity index (χ4n) is 2.52. The number of aromatic amines is 1. The molecule has 0 saturated heterocycles. The van der Waals surface area contributed by atoms with Crippen LogP contribution >= 0.6 is 0 Å². The third-order valence-electron chi connectivity index (χ3n) is 3.79. The van der Waals surface area contributed by atoms with Crippen molar-refractivity contribution in [2.24, 2.45) is 7.05 Å². The van der Waals surface area contributed by atoms with Crippen LogP contribution in [0.25, 0.3) is 11.4 Å². The first-order chi connectivity index (χ1) is 11.6. The highest BCUT2D eigenvalue weighted by molar-refractivity contribution is 5.94. The Morgan fingerprint density at radius 2 is 2.21 bits per heavy atom. The van der Waals surface area contributed by atoms with E-state index in [0.717, 1.165) is 22.6 Å². The topological polar surface area (TPSA) is 71.9 Å². The van der Waals surface area contributed by atoms with E-state index in [0.29, 0.717) is 18.1 Å². The number of nitrogens with one attached hydrogen (secondary N) is 2.